The predicted octanol–water partition coefficient (Wildman–Crippen LogP) is 5.11. The maximum atomic E-state index is 12.3. The van der Waals surface area contributed by atoms with Crippen molar-refractivity contribution in [2.24, 2.45) is 5.10 Å². The maximum absolute atomic E-state index is 12.3. The minimum absolute atomic E-state index is 0.317. The van der Waals surface area contributed by atoms with E-state index < -0.39 is 5.97 Å². The van der Waals surface area contributed by atoms with Crippen LogP contribution in [-0.4, -0.2) is 24.7 Å². The molecular weight excluding hydrogens is 416 g/mol. The van der Waals surface area contributed by atoms with Crippen LogP contribution < -0.4 is 14.9 Å². The van der Waals surface area contributed by atoms with Gasteiger partial charge in [-0.05, 0) is 67.1 Å². The van der Waals surface area contributed by atoms with Gasteiger partial charge in [-0.3, -0.25) is 4.79 Å². The van der Waals surface area contributed by atoms with Gasteiger partial charge in [-0.25, -0.2) is 10.2 Å². The number of rotatable bonds is 8. The molecule has 0 atom stereocenters. The number of amides is 1. The van der Waals surface area contributed by atoms with Crippen molar-refractivity contribution in [1.82, 2.24) is 5.43 Å². The van der Waals surface area contributed by atoms with Crippen LogP contribution >= 0.6 is 11.6 Å². The minimum Gasteiger partial charge on any atom is -0.494 e. The van der Waals surface area contributed by atoms with E-state index in [1.807, 2.05) is 6.92 Å². The topological polar surface area (TPSA) is 77.0 Å². The number of ether oxygens (including phenoxy) is 2. The number of carbonyl (C=O) groups excluding carboxylic acids is 2. The molecule has 7 heteroatoms. The number of benzene rings is 3. The molecule has 0 saturated carbocycles. The van der Waals surface area contributed by atoms with Crippen molar-refractivity contribution in [3.05, 3.63) is 94.5 Å². The van der Waals surface area contributed by atoms with Crippen molar-refractivity contribution in [3.63, 3.8) is 0 Å². The quantitative estimate of drug-likeness (QED) is 0.230. The van der Waals surface area contributed by atoms with Crippen molar-refractivity contribution in [2.45, 2.75) is 13.3 Å². The number of nitrogens with zero attached hydrogens (tertiary/aromatic N) is 1. The number of hydrogen-bond donors (Lipinski definition) is 1. The lowest BCUT2D eigenvalue weighted by molar-refractivity contribution is 0.0734. The summed E-state index contributed by atoms with van der Waals surface area (Å²) in [4.78, 5) is 24.6. The van der Waals surface area contributed by atoms with Crippen LogP contribution in [0.1, 0.15) is 39.6 Å². The maximum Gasteiger partial charge on any atom is 0.343 e. The first-order valence-corrected chi connectivity index (χ1v) is 10.1. The first-order valence-electron chi connectivity index (χ1n) is 9.70. The average Bonchev–Trinajstić information content (AvgIpc) is 2.79. The molecule has 3 aromatic rings. The molecule has 0 aromatic heterocycles. The zero-order chi connectivity index (χ0) is 22.1. The lowest BCUT2D eigenvalue weighted by Gasteiger charge is -2.07. The summed E-state index contributed by atoms with van der Waals surface area (Å²) in [6, 6.07) is 20.1. The summed E-state index contributed by atoms with van der Waals surface area (Å²) in [5, 5.41) is 4.51. The monoisotopic (exact) mass is 436 g/mol. The van der Waals surface area contributed by atoms with Crippen LogP contribution in [0.5, 0.6) is 11.5 Å². The second kappa shape index (κ2) is 10.9. The van der Waals surface area contributed by atoms with Gasteiger partial charge in [-0.1, -0.05) is 30.7 Å². The third-order valence-corrected chi connectivity index (χ3v) is 4.41. The van der Waals surface area contributed by atoms with Gasteiger partial charge < -0.3 is 9.47 Å². The molecule has 0 saturated heterocycles. The first-order chi connectivity index (χ1) is 15.1. The largest absolute Gasteiger partial charge is 0.494 e. The van der Waals surface area contributed by atoms with Crippen LogP contribution in [0.4, 0.5) is 0 Å². The van der Waals surface area contributed by atoms with Crippen molar-refractivity contribution in [1.29, 1.82) is 0 Å². The van der Waals surface area contributed by atoms with E-state index in [9.17, 15) is 9.59 Å². The Labute approximate surface area is 185 Å². The van der Waals surface area contributed by atoms with E-state index in [2.05, 4.69) is 10.5 Å². The van der Waals surface area contributed by atoms with Gasteiger partial charge in [0.2, 0.25) is 0 Å². The molecule has 1 amide bonds. The third-order valence-electron chi connectivity index (χ3n) is 4.16. The number of carbonyl (C=O) groups is 2. The van der Waals surface area contributed by atoms with Crippen LogP contribution in [0.25, 0.3) is 0 Å². The highest BCUT2D eigenvalue weighted by atomic mass is 35.5. The van der Waals surface area contributed by atoms with Gasteiger partial charge in [0.25, 0.3) is 5.91 Å². The summed E-state index contributed by atoms with van der Waals surface area (Å²) in [6.45, 7) is 2.65. The highest BCUT2D eigenvalue weighted by molar-refractivity contribution is 6.30. The van der Waals surface area contributed by atoms with E-state index in [4.69, 9.17) is 21.1 Å². The molecule has 3 aromatic carbocycles. The molecule has 0 spiro atoms. The second-order valence-corrected chi connectivity index (χ2v) is 6.94. The molecule has 3 rings (SSSR count). The Morgan fingerprint density at radius 1 is 0.968 bits per heavy atom. The average molecular weight is 437 g/mol. The van der Waals surface area contributed by atoms with Gasteiger partial charge in [0, 0.05) is 16.1 Å². The molecule has 0 fully saturated rings. The third kappa shape index (κ3) is 6.42. The Morgan fingerprint density at radius 2 is 1.65 bits per heavy atom. The molecule has 0 unspecified atom stereocenters. The molecule has 158 valence electrons. The fourth-order valence-electron chi connectivity index (χ4n) is 2.57. The van der Waals surface area contributed by atoms with Crippen LogP contribution in [0, 0.1) is 0 Å². The number of hydrazone groups is 1. The highest BCUT2D eigenvalue weighted by Crippen LogP contribution is 2.19. The smallest absolute Gasteiger partial charge is 0.343 e. The van der Waals surface area contributed by atoms with Gasteiger partial charge in [0.05, 0.1) is 18.4 Å². The summed E-state index contributed by atoms with van der Waals surface area (Å²) in [5.74, 6) is 0.136. The van der Waals surface area contributed by atoms with Crippen molar-refractivity contribution in [3.8, 4) is 11.5 Å². The summed E-state index contributed by atoms with van der Waals surface area (Å²) in [7, 11) is 0. The summed E-state index contributed by atoms with van der Waals surface area (Å²) < 4.78 is 11.0. The second-order valence-electron chi connectivity index (χ2n) is 6.51. The standard InChI is InChI=1S/C24H21ClN2O4/c1-2-15-30-21-13-9-17(10-14-21)23(28)27-26-16-19-5-3-4-6-22(19)31-24(29)18-7-11-20(25)12-8-18/h3-14,16H,2,15H2,1H3,(H,27,28)/b26-16+. The van der Waals surface area contributed by atoms with E-state index in [0.717, 1.165) is 6.42 Å². The Bertz CT molecular complexity index is 1060. The number of nitrogens with one attached hydrogen (secondary N) is 1. The fourth-order valence-corrected chi connectivity index (χ4v) is 2.70. The Balaban J connectivity index is 1.62. The first kappa shape index (κ1) is 22.1. The molecule has 0 radical (unpaired) electrons. The van der Waals surface area contributed by atoms with Gasteiger partial charge in [0.15, 0.2) is 0 Å². The summed E-state index contributed by atoms with van der Waals surface area (Å²) in [5.41, 5.74) is 3.82. The molecule has 0 heterocycles. The van der Waals surface area contributed by atoms with Crippen LogP contribution in [0.15, 0.2) is 77.9 Å². The SMILES string of the molecule is CCCOc1ccc(C(=O)N/N=C/c2ccccc2OC(=O)c2ccc(Cl)cc2)cc1. The molecular formula is C24H21ClN2O4. The summed E-state index contributed by atoms with van der Waals surface area (Å²) >= 11 is 5.85. The van der Waals surface area contributed by atoms with Crippen LogP contribution in [0.2, 0.25) is 5.02 Å². The van der Waals surface area contributed by atoms with E-state index in [1.54, 1.807) is 72.8 Å². The van der Waals surface area contributed by atoms with Gasteiger partial charge in [-0.2, -0.15) is 5.10 Å². The van der Waals surface area contributed by atoms with Gasteiger partial charge in [-0.15, -0.1) is 0 Å². The minimum atomic E-state index is -0.521. The van der Waals surface area contributed by atoms with E-state index >= 15 is 0 Å². The zero-order valence-corrected chi connectivity index (χ0v) is 17.6. The van der Waals surface area contributed by atoms with Gasteiger partial charge >= 0.3 is 5.97 Å². The molecule has 0 aliphatic carbocycles. The van der Waals surface area contributed by atoms with Crippen LogP contribution in [0.3, 0.4) is 0 Å². The van der Waals surface area contributed by atoms with E-state index in [-0.39, 0.29) is 5.91 Å². The van der Waals surface area contributed by atoms with Crippen molar-refractivity contribution in [2.75, 3.05) is 6.61 Å². The van der Waals surface area contributed by atoms with Crippen LogP contribution in [-0.2, 0) is 0 Å². The lowest BCUT2D eigenvalue weighted by atomic mass is 10.2. The number of esters is 1. The van der Waals surface area contributed by atoms with Gasteiger partial charge in [0.1, 0.15) is 11.5 Å². The van der Waals surface area contributed by atoms with Crippen molar-refractivity contribution >= 4 is 29.7 Å². The normalized spacial score (nSPS) is 10.6. The molecule has 0 bridgehead atoms. The van der Waals surface area contributed by atoms with E-state index in [0.29, 0.717) is 39.8 Å². The Hall–Kier alpha value is -3.64. The zero-order valence-electron chi connectivity index (χ0n) is 16.9. The lowest BCUT2D eigenvalue weighted by Crippen LogP contribution is -2.17. The Kier molecular flexibility index (Phi) is 7.79. The number of halogens is 1. The molecule has 6 nitrogen and oxygen atoms in total. The Morgan fingerprint density at radius 3 is 2.35 bits per heavy atom. The molecule has 31 heavy (non-hydrogen) atoms. The highest BCUT2D eigenvalue weighted by Gasteiger charge is 2.11. The summed E-state index contributed by atoms with van der Waals surface area (Å²) in [6.07, 6.45) is 2.33. The predicted molar refractivity (Wildman–Crippen MR) is 120 cm³/mol. The van der Waals surface area contributed by atoms with E-state index in [1.165, 1.54) is 6.21 Å². The number of hydrogen-bond acceptors (Lipinski definition) is 5. The fraction of sp³-hybridized carbons (Fsp3) is 0.125. The number of para-hydroxylation sites is 1. The molecule has 0 aliphatic rings. The van der Waals surface area contributed by atoms with Crippen molar-refractivity contribution < 1.29 is 19.1 Å². The molecule has 0 aliphatic heterocycles. The molecule has 1 N–H and O–H groups in total.